The molecule has 11 heteroatoms. The third-order valence-electron chi connectivity index (χ3n) is 3.31. The number of hydrogen-bond acceptors (Lipinski definition) is 7. The summed E-state index contributed by atoms with van der Waals surface area (Å²) in [6, 6.07) is 6.26. The summed E-state index contributed by atoms with van der Waals surface area (Å²) in [5.41, 5.74) is 0.950. The molecular weight excluding hydrogens is 432 g/mol. The molecule has 0 atom stereocenters. The quantitative estimate of drug-likeness (QED) is 0.512. The molecule has 0 unspecified atom stereocenters. The van der Waals surface area contributed by atoms with Gasteiger partial charge in [0.15, 0.2) is 10.2 Å². The highest BCUT2D eigenvalue weighted by molar-refractivity contribution is 8.01. The zero-order valence-corrected chi connectivity index (χ0v) is 16.9. The van der Waals surface area contributed by atoms with E-state index in [1.54, 1.807) is 25.1 Å². The first-order valence-corrected chi connectivity index (χ1v) is 10.1. The van der Waals surface area contributed by atoms with Gasteiger partial charge < -0.3 is 10.6 Å². The normalized spacial score (nSPS) is 10.7. The van der Waals surface area contributed by atoms with E-state index in [4.69, 9.17) is 23.2 Å². The fourth-order valence-corrected chi connectivity index (χ4v) is 3.89. The van der Waals surface area contributed by atoms with Crippen LogP contribution in [0.1, 0.15) is 5.56 Å². The van der Waals surface area contributed by atoms with E-state index in [0.29, 0.717) is 30.8 Å². The lowest BCUT2D eigenvalue weighted by molar-refractivity contribution is -0.113. The van der Waals surface area contributed by atoms with Crippen LogP contribution in [0.25, 0.3) is 0 Å². The van der Waals surface area contributed by atoms with Crippen molar-refractivity contribution in [2.75, 3.05) is 16.4 Å². The number of anilines is 3. The van der Waals surface area contributed by atoms with E-state index < -0.39 is 0 Å². The Bertz CT molecular complexity index is 985. The minimum absolute atomic E-state index is 0.0913. The molecule has 0 saturated carbocycles. The highest BCUT2D eigenvalue weighted by Gasteiger charge is 2.13. The first-order chi connectivity index (χ1) is 12.9. The lowest BCUT2D eigenvalue weighted by Gasteiger charge is -2.08. The number of nitrogens with zero attached hydrogens (tertiary/aromatic N) is 3. The van der Waals surface area contributed by atoms with Crippen LogP contribution in [-0.4, -0.2) is 26.8 Å². The Morgan fingerprint density at radius 3 is 2.85 bits per heavy atom. The maximum absolute atomic E-state index is 13.6. The number of halogens is 3. The summed E-state index contributed by atoms with van der Waals surface area (Å²) in [6.45, 7) is 1.74. The van der Waals surface area contributed by atoms with Gasteiger partial charge in [-0.15, -0.1) is 10.2 Å². The average Bonchev–Trinajstić information content (AvgIpc) is 3.10. The molecule has 27 heavy (non-hydrogen) atoms. The molecule has 140 valence electrons. The fourth-order valence-electron chi connectivity index (χ4n) is 1.94. The van der Waals surface area contributed by atoms with E-state index >= 15 is 0 Å². The predicted molar refractivity (Wildman–Crippen MR) is 108 cm³/mol. The number of benzene rings is 1. The average molecular weight is 444 g/mol. The van der Waals surface area contributed by atoms with Gasteiger partial charge in [0.2, 0.25) is 11.0 Å². The Balaban J connectivity index is 1.56. The Morgan fingerprint density at radius 2 is 2.07 bits per heavy atom. The van der Waals surface area contributed by atoms with E-state index in [1.165, 1.54) is 35.4 Å². The molecule has 6 nitrogen and oxygen atoms in total. The molecule has 0 saturated heterocycles. The van der Waals surface area contributed by atoms with Crippen molar-refractivity contribution in [1.29, 1.82) is 0 Å². The number of hydrogen-bond donors (Lipinski definition) is 2. The molecule has 0 radical (unpaired) electrons. The Morgan fingerprint density at radius 1 is 1.30 bits per heavy atom. The van der Waals surface area contributed by atoms with Gasteiger partial charge in [0, 0.05) is 6.20 Å². The first-order valence-electron chi connectivity index (χ1n) is 7.52. The summed E-state index contributed by atoms with van der Waals surface area (Å²) < 4.78 is 14.2. The molecule has 2 heterocycles. The van der Waals surface area contributed by atoms with Crippen molar-refractivity contribution in [2.24, 2.45) is 0 Å². The van der Waals surface area contributed by atoms with Gasteiger partial charge in [-0.2, -0.15) is 0 Å². The smallest absolute Gasteiger partial charge is 0.236 e. The number of amides is 1. The summed E-state index contributed by atoms with van der Waals surface area (Å²) in [4.78, 5) is 16.1. The van der Waals surface area contributed by atoms with Gasteiger partial charge in [-0.3, -0.25) is 4.79 Å². The molecule has 3 aromatic rings. The van der Waals surface area contributed by atoms with Crippen LogP contribution in [-0.2, 0) is 4.79 Å². The molecule has 1 amide bonds. The molecular formula is C16H12Cl2FN5OS2. The number of carbonyl (C=O) groups excluding carboxylic acids is 1. The first kappa shape index (κ1) is 19.8. The van der Waals surface area contributed by atoms with Crippen LogP contribution >= 0.6 is 46.3 Å². The maximum Gasteiger partial charge on any atom is 0.236 e. The summed E-state index contributed by atoms with van der Waals surface area (Å²) in [5, 5.41) is 14.6. The number of carbonyl (C=O) groups is 1. The molecule has 0 aliphatic rings. The zero-order valence-electron chi connectivity index (χ0n) is 13.8. The van der Waals surface area contributed by atoms with Crippen molar-refractivity contribution in [1.82, 2.24) is 15.2 Å². The summed E-state index contributed by atoms with van der Waals surface area (Å²) in [5.74, 6) is -0.337. The zero-order chi connectivity index (χ0) is 19.4. The molecule has 1 aromatic carbocycles. The third-order valence-corrected chi connectivity index (χ3v) is 6.12. The molecule has 3 rings (SSSR count). The summed E-state index contributed by atoms with van der Waals surface area (Å²) in [7, 11) is 0. The molecule has 0 bridgehead atoms. The van der Waals surface area contributed by atoms with Crippen molar-refractivity contribution in [3.63, 3.8) is 0 Å². The minimum Gasteiger partial charge on any atom is -0.328 e. The van der Waals surface area contributed by atoms with Gasteiger partial charge in [0.05, 0.1) is 21.5 Å². The van der Waals surface area contributed by atoms with Gasteiger partial charge in [0.1, 0.15) is 5.82 Å². The number of pyridine rings is 1. The van der Waals surface area contributed by atoms with Crippen LogP contribution in [0.3, 0.4) is 0 Å². The van der Waals surface area contributed by atoms with Crippen molar-refractivity contribution in [3.8, 4) is 0 Å². The molecule has 2 aromatic heterocycles. The van der Waals surface area contributed by atoms with Gasteiger partial charge in [-0.25, -0.2) is 9.37 Å². The van der Waals surface area contributed by atoms with Crippen molar-refractivity contribution >= 4 is 68.8 Å². The second-order valence-corrected chi connectivity index (χ2v) is 8.19. The van der Waals surface area contributed by atoms with Crippen LogP contribution < -0.4 is 10.6 Å². The Kier molecular flexibility index (Phi) is 6.48. The predicted octanol–water partition coefficient (Wildman–Crippen LogP) is 5.16. The van der Waals surface area contributed by atoms with Gasteiger partial charge in [-0.1, -0.05) is 58.4 Å². The maximum atomic E-state index is 13.6. The lowest BCUT2D eigenvalue weighted by atomic mass is 10.3. The largest absolute Gasteiger partial charge is 0.328 e. The van der Waals surface area contributed by atoms with Crippen LogP contribution in [0.5, 0.6) is 0 Å². The number of aromatic nitrogens is 3. The van der Waals surface area contributed by atoms with Crippen LogP contribution in [0.2, 0.25) is 10.0 Å². The lowest BCUT2D eigenvalue weighted by Crippen LogP contribution is -2.15. The van der Waals surface area contributed by atoms with E-state index in [1.807, 2.05) is 0 Å². The minimum atomic E-state index is -0.385. The monoisotopic (exact) mass is 443 g/mol. The molecule has 0 fully saturated rings. The SMILES string of the molecule is Cc1c(Cl)cnc(NC(=O)CSc2nnc(Nc3ccccc3F)s2)c1Cl. The van der Waals surface area contributed by atoms with Crippen molar-refractivity contribution < 1.29 is 9.18 Å². The van der Waals surface area contributed by atoms with Crippen LogP contribution in [0.4, 0.5) is 21.0 Å². The van der Waals surface area contributed by atoms with E-state index in [9.17, 15) is 9.18 Å². The standard InChI is InChI=1S/C16H12Cl2FN5OS2/c1-8-9(17)6-20-14(13(8)18)22-12(25)7-26-16-24-23-15(27-16)21-11-5-3-2-4-10(11)19/h2-6H,7H2,1H3,(H,21,23)(H,20,22,25). The van der Waals surface area contributed by atoms with Crippen LogP contribution in [0, 0.1) is 12.7 Å². The Labute approximate surface area is 172 Å². The second kappa shape index (κ2) is 8.83. The number of nitrogens with one attached hydrogen (secondary N) is 2. The van der Waals surface area contributed by atoms with E-state index in [2.05, 4.69) is 25.8 Å². The van der Waals surface area contributed by atoms with Gasteiger partial charge in [0.25, 0.3) is 0 Å². The van der Waals surface area contributed by atoms with Crippen LogP contribution in [0.15, 0.2) is 34.8 Å². The number of para-hydroxylation sites is 1. The Hall–Kier alpha value is -1.94. The van der Waals surface area contributed by atoms with Gasteiger partial charge in [-0.05, 0) is 24.6 Å². The fraction of sp³-hybridized carbons (Fsp3) is 0.125. The summed E-state index contributed by atoms with van der Waals surface area (Å²) >= 11 is 14.5. The third kappa shape index (κ3) is 5.07. The van der Waals surface area contributed by atoms with Crippen molar-refractivity contribution in [3.05, 3.63) is 51.9 Å². The van der Waals surface area contributed by atoms with Crippen molar-refractivity contribution in [2.45, 2.75) is 11.3 Å². The highest BCUT2D eigenvalue weighted by Crippen LogP contribution is 2.30. The molecule has 0 spiro atoms. The summed E-state index contributed by atoms with van der Waals surface area (Å²) in [6.07, 6.45) is 1.43. The highest BCUT2D eigenvalue weighted by atomic mass is 35.5. The topological polar surface area (TPSA) is 79.8 Å². The van der Waals surface area contributed by atoms with E-state index in [0.717, 1.165) is 0 Å². The number of rotatable bonds is 6. The van der Waals surface area contributed by atoms with Gasteiger partial charge >= 0.3 is 0 Å². The molecule has 0 aliphatic heterocycles. The van der Waals surface area contributed by atoms with E-state index in [-0.39, 0.29) is 23.3 Å². The molecule has 2 N–H and O–H groups in total. The number of thioether (sulfide) groups is 1. The molecule has 0 aliphatic carbocycles. The second-order valence-electron chi connectivity index (χ2n) is 5.21.